The van der Waals surface area contributed by atoms with Crippen molar-refractivity contribution in [2.45, 2.75) is 31.8 Å². The predicted molar refractivity (Wildman–Crippen MR) is 72.6 cm³/mol. The molecule has 2 amide bonds. The molecule has 8 heteroatoms. The van der Waals surface area contributed by atoms with E-state index in [1.54, 1.807) is 31.5 Å². The first-order chi connectivity index (χ1) is 9.90. The van der Waals surface area contributed by atoms with E-state index in [9.17, 15) is 14.4 Å². The summed E-state index contributed by atoms with van der Waals surface area (Å²) in [5.74, 6) is -2.39. The fraction of sp³-hybridized carbons (Fsp3) is 0.385. The van der Waals surface area contributed by atoms with Gasteiger partial charge < -0.3 is 20.8 Å². The van der Waals surface area contributed by atoms with Crippen LogP contribution in [-0.2, 0) is 9.59 Å². The summed E-state index contributed by atoms with van der Waals surface area (Å²) in [5.41, 5.74) is 0.817. The molecule has 0 radical (unpaired) electrons. The number of nitrogens with zero attached hydrogens (tertiary/aromatic N) is 1. The molecular formula is C13H17N3O5. The minimum atomic E-state index is -1.28. The van der Waals surface area contributed by atoms with Gasteiger partial charge in [-0.2, -0.15) is 0 Å². The zero-order valence-corrected chi connectivity index (χ0v) is 11.4. The van der Waals surface area contributed by atoms with Crippen molar-refractivity contribution in [3.05, 3.63) is 30.1 Å². The molecule has 0 aliphatic carbocycles. The summed E-state index contributed by atoms with van der Waals surface area (Å²) in [6, 6.07) is 1.21. The van der Waals surface area contributed by atoms with E-state index in [1.165, 1.54) is 0 Å². The van der Waals surface area contributed by atoms with Gasteiger partial charge in [-0.15, -0.1) is 0 Å². The third-order valence-electron chi connectivity index (χ3n) is 2.80. The van der Waals surface area contributed by atoms with Crippen LogP contribution in [0.25, 0.3) is 0 Å². The molecule has 0 bridgehead atoms. The van der Waals surface area contributed by atoms with Crippen molar-refractivity contribution in [1.29, 1.82) is 0 Å². The van der Waals surface area contributed by atoms with E-state index in [4.69, 9.17) is 10.2 Å². The Kier molecular flexibility index (Phi) is 6.12. The summed E-state index contributed by atoms with van der Waals surface area (Å²) in [5, 5.41) is 22.3. The topological polar surface area (TPSA) is 129 Å². The van der Waals surface area contributed by atoms with Crippen molar-refractivity contribution < 1.29 is 24.6 Å². The Bertz CT molecular complexity index is 506. The molecule has 4 N–H and O–H groups in total. The van der Waals surface area contributed by atoms with Crippen LogP contribution in [-0.4, -0.2) is 39.2 Å². The molecule has 1 rings (SSSR count). The van der Waals surface area contributed by atoms with Gasteiger partial charge in [0.2, 0.25) is 0 Å². The van der Waals surface area contributed by atoms with Crippen LogP contribution in [0.5, 0.6) is 0 Å². The van der Waals surface area contributed by atoms with Gasteiger partial charge in [0, 0.05) is 18.8 Å². The van der Waals surface area contributed by atoms with E-state index in [0.29, 0.717) is 0 Å². The number of carboxylic acid groups (broad SMARTS) is 2. The number of aliphatic carboxylic acids is 2. The SMILES string of the molecule is CC(NC(=O)N[C@@H](CCC(=O)O)C(=O)O)c1ccncc1. The molecule has 1 unspecified atom stereocenters. The molecular weight excluding hydrogens is 278 g/mol. The van der Waals surface area contributed by atoms with Crippen LogP contribution in [0.15, 0.2) is 24.5 Å². The predicted octanol–water partition coefficient (Wildman–Crippen LogP) is 0.760. The van der Waals surface area contributed by atoms with Crippen LogP contribution < -0.4 is 10.6 Å². The van der Waals surface area contributed by atoms with Crippen LogP contribution in [0.1, 0.15) is 31.4 Å². The van der Waals surface area contributed by atoms with Crippen LogP contribution in [0.2, 0.25) is 0 Å². The molecule has 1 heterocycles. The highest BCUT2D eigenvalue weighted by atomic mass is 16.4. The number of carboxylic acids is 2. The van der Waals surface area contributed by atoms with E-state index >= 15 is 0 Å². The quantitative estimate of drug-likeness (QED) is 0.588. The van der Waals surface area contributed by atoms with Crippen molar-refractivity contribution in [3.63, 3.8) is 0 Å². The second kappa shape index (κ2) is 7.83. The number of carbonyl (C=O) groups is 3. The van der Waals surface area contributed by atoms with E-state index in [2.05, 4.69) is 15.6 Å². The summed E-state index contributed by atoms with van der Waals surface area (Å²) in [6.07, 6.45) is 2.65. The molecule has 0 aliphatic rings. The zero-order chi connectivity index (χ0) is 15.8. The maximum Gasteiger partial charge on any atom is 0.326 e. The van der Waals surface area contributed by atoms with Crippen molar-refractivity contribution in [2.75, 3.05) is 0 Å². The number of rotatable bonds is 7. The molecule has 2 atom stereocenters. The lowest BCUT2D eigenvalue weighted by Crippen LogP contribution is -2.46. The summed E-state index contributed by atoms with van der Waals surface area (Å²) in [7, 11) is 0. The van der Waals surface area contributed by atoms with Crippen molar-refractivity contribution in [3.8, 4) is 0 Å². The highest BCUT2D eigenvalue weighted by Gasteiger charge is 2.21. The summed E-state index contributed by atoms with van der Waals surface area (Å²) in [6.45, 7) is 1.74. The van der Waals surface area contributed by atoms with Crippen LogP contribution in [0.3, 0.4) is 0 Å². The minimum absolute atomic E-state index is 0.179. The van der Waals surface area contributed by atoms with Crippen LogP contribution >= 0.6 is 0 Å². The summed E-state index contributed by atoms with van der Waals surface area (Å²) in [4.78, 5) is 37.0. The Morgan fingerprint density at radius 1 is 1.19 bits per heavy atom. The van der Waals surface area contributed by atoms with Gasteiger partial charge in [0.25, 0.3) is 0 Å². The Labute approximate surface area is 121 Å². The zero-order valence-electron chi connectivity index (χ0n) is 11.4. The second-order valence-electron chi connectivity index (χ2n) is 4.44. The number of pyridine rings is 1. The standard InChI is InChI=1S/C13H17N3O5/c1-8(9-4-6-14-7-5-9)15-13(21)16-10(12(19)20)2-3-11(17)18/h4-8,10H,2-3H2,1H3,(H,17,18)(H,19,20)(H2,15,16,21)/t8?,10-/m0/s1. The molecule has 0 aromatic carbocycles. The van der Waals surface area contributed by atoms with Gasteiger partial charge in [-0.25, -0.2) is 9.59 Å². The lowest BCUT2D eigenvalue weighted by molar-refractivity contribution is -0.140. The third-order valence-corrected chi connectivity index (χ3v) is 2.80. The number of carbonyl (C=O) groups excluding carboxylic acids is 1. The van der Waals surface area contributed by atoms with Crippen LogP contribution in [0, 0.1) is 0 Å². The highest BCUT2D eigenvalue weighted by Crippen LogP contribution is 2.09. The number of nitrogens with one attached hydrogen (secondary N) is 2. The van der Waals surface area contributed by atoms with Crippen molar-refractivity contribution in [2.24, 2.45) is 0 Å². The average molecular weight is 295 g/mol. The number of hydrogen-bond acceptors (Lipinski definition) is 4. The lowest BCUT2D eigenvalue weighted by atomic mass is 10.1. The molecule has 21 heavy (non-hydrogen) atoms. The number of hydrogen-bond donors (Lipinski definition) is 4. The van der Waals surface area contributed by atoms with E-state index in [-0.39, 0.29) is 18.9 Å². The molecule has 8 nitrogen and oxygen atoms in total. The van der Waals surface area contributed by atoms with Gasteiger partial charge in [-0.3, -0.25) is 9.78 Å². The lowest BCUT2D eigenvalue weighted by Gasteiger charge is -2.18. The first-order valence-electron chi connectivity index (χ1n) is 6.31. The molecule has 0 aliphatic heterocycles. The first kappa shape index (κ1) is 16.4. The van der Waals surface area contributed by atoms with Gasteiger partial charge in [-0.1, -0.05) is 0 Å². The Hall–Kier alpha value is -2.64. The maximum absolute atomic E-state index is 11.7. The molecule has 0 saturated heterocycles. The van der Waals surface area contributed by atoms with Crippen molar-refractivity contribution in [1.82, 2.24) is 15.6 Å². The summed E-state index contributed by atoms with van der Waals surface area (Å²) < 4.78 is 0. The van der Waals surface area contributed by atoms with Gasteiger partial charge in [0.15, 0.2) is 0 Å². The fourth-order valence-electron chi connectivity index (χ4n) is 1.66. The molecule has 114 valence electrons. The van der Waals surface area contributed by atoms with Gasteiger partial charge in [0.1, 0.15) is 6.04 Å². The number of urea groups is 1. The summed E-state index contributed by atoms with van der Waals surface area (Å²) >= 11 is 0. The first-order valence-corrected chi connectivity index (χ1v) is 6.31. The van der Waals surface area contributed by atoms with Crippen molar-refractivity contribution >= 4 is 18.0 Å². The van der Waals surface area contributed by atoms with Crippen LogP contribution in [0.4, 0.5) is 4.79 Å². The largest absolute Gasteiger partial charge is 0.481 e. The Balaban J connectivity index is 2.54. The second-order valence-corrected chi connectivity index (χ2v) is 4.44. The Morgan fingerprint density at radius 2 is 1.81 bits per heavy atom. The smallest absolute Gasteiger partial charge is 0.326 e. The molecule has 1 aromatic rings. The normalized spacial score (nSPS) is 13.0. The molecule has 1 aromatic heterocycles. The van der Waals surface area contributed by atoms with Gasteiger partial charge in [0.05, 0.1) is 6.04 Å². The fourth-order valence-corrected chi connectivity index (χ4v) is 1.66. The van der Waals surface area contributed by atoms with Gasteiger partial charge in [-0.05, 0) is 31.0 Å². The third kappa shape index (κ3) is 5.89. The van der Waals surface area contributed by atoms with E-state index in [1.807, 2.05) is 0 Å². The minimum Gasteiger partial charge on any atom is -0.481 e. The molecule has 0 fully saturated rings. The number of aromatic nitrogens is 1. The molecule has 0 saturated carbocycles. The molecule has 0 spiro atoms. The average Bonchev–Trinajstić information content (AvgIpc) is 2.43. The van der Waals surface area contributed by atoms with E-state index < -0.39 is 24.0 Å². The van der Waals surface area contributed by atoms with Gasteiger partial charge >= 0.3 is 18.0 Å². The highest BCUT2D eigenvalue weighted by molar-refractivity contribution is 5.83. The maximum atomic E-state index is 11.7. The monoisotopic (exact) mass is 295 g/mol. The van der Waals surface area contributed by atoms with E-state index in [0.717, 1.165) is 5.56 Å². The number of amides is 2. The Morgan fingerprint density at radius 3 is 2.33 bits per heavy atom.